The Hall–Kier alpha value is -4.53. The highest BCUT2D eigenvalue weighted by Crippen LogP contribution is 2.37. The predicted octanol–water partition coefficient (Wildman–Crippen LogP) is 6.73. The third kappa shape index (κ3) is 5.13. The number of nitrogens with one attached hydrogen (secondary N) is 2. The summed E-state index contributed by atoms with van der Waals surface area (Å²) in [6.45, 7) is 0. The van der Waals surface area contributed by atoms with Gasteiger partial charge in [0.25, 0.3) is 5.91 Å². The van der Waals surface area contributed by atoms with Crippen molar-refractivity contribution in [2.24, 2.45) is 5.10 Å². The van der Waals surface area contributed by atoms with Crippen molar-refractivity contribution >= 4 is 52.2 Å². The molecule has 5 aromatic rings. The van der Waals surface area contributed by atoms with Gasteiger partial charge in [-0.05, 0) is 60.2 Å². The maximum absolute atomic E-state index is 13.2. The van der Waals surface area contributed by atoms with E-state index in [0.29, 0.717) is 32.5 Å². The number of ether oxygens (including phenoxy) is 2. The van der Waals surface area contributed by atoms with Gasteiger partial charge in [0.1, 0.15) is 5.69 Å². The number of hydrogen-bond donors (Lipinski definition) is 2. The Labute approximate surface area is 226 Å². The standard InChI is InChI=1S/C28H19Cl2N3O5/c1-36-24-13-16(8-11-22(24)38-28(35)23-7-4-12-37-23)15-31-33-27(34)26-25(18-5-2-3-6-20(18)30)19-14-17(29)9-10-21(19)32-26/h2-15,32H,1H3,(H,33,34). The highest BCUT2D eigenvalue weighted by molar-refractivity contribution is 6.34. The van der Waals surface area contributed by atoms with E-state index in [4.69, 9.17) is 37.1 Å². The molecule has 190 valence electrons. The zero-order valence-corrected chi connectivity index (χ0v) is 21.3. The first-order valence-electron chi connectivity index (χ1n) is 11.3. The normalized spacial score (nSPS) is 11.1. The number of carbonyl (C=O) groups is 2. The molecule has 0 saturated heterocycles. The first kappa shape index (κ1) is 25.1. The SMILES string of the molecule is COc1cc(C=NNC(=O)c2[nH]c3ccc(Cl)cc3c2-c2ccccc2Cl)ccc1OC(=O)c1ccco1. The van der Waals surface area contributed by atoms with Crippen LogP contribution in [0.1, 0.15) is 26.6 Å². The number of amides is 1. The first-order chi connectivity index (χ1) is 18.4. The molecule has 0 spiro atoms. The number of halogens is 2. The molecule has 2 aromatic heterocycles. The van der Waals surface area contributed by atoms with Crippen molar-refractivity contribution in [1.29, 1.82) is 0 Å². The highest BCUT2D eigenvalue weighted by Gasteiger charge is 2.21. The van der Waals surface area contributed by atoms with Crippen LogP contribution in [0.3, 0.4) is 0 Å². The number of aromatic nitrogens is 1. The summed E-state index contributed by atoms with van der Waals surface area (Å²) in [5.41, 5.74) is 5.44. The summed E-state index contributed by atoms with van der Waals surface area (Å²) < 4.78 is 15.7. The van der Waals surface area contributed by atoms with Crippen LogP contribution < -0.4 is 14.9 Å². The minimum Gasteiger partial charge on any atom is -0.493 e. The summed E-state index contributed by atoms with van der Waals surface area (Å²) in [6.07, 6.45) is 2.82. The average Bonchev–Trinajstić information content (AvgIpc) is 3.58. The van der Waals surface area contributed by atoms with E-state index >= 15 is 0 Å². The highest BCUT2D eigenvalue weighted by atomic mass is 35.5. The van der Waals surface area contributed by atoms with Gasteiger partial charge in [0.2, 0.25) is 5.76 Å². The Morgan fingerprint density at radius 2 is 1.84 bits per heavy atom. The van der Waals surface area contributed by atoms with Crippen molar-refractivity contribution in [1.82, 2.24) is 10.4 Å². The smallest absolute Gasteiger partial charge is 0.379 e. The average molecular weight is 548 g/mol. The van der Waals surface area contributed by atoms with Gasteiger partial charge in [-0.25, -0.2) is 10.2 Å². The van der Waals surface area contributed by atoms with E-state index < -0.39 is 11.9 Å². The second-order valence-electron chi connectivity index (χ2n) is 8.02. The number of H-pyrrole nitrogens is 1. The first-order valence-corrected chi connectivity index (χ1v) is 12.0. The molecular weight excluding hydrogens is 529 g/mol. The van der Waals surface area contributed by atoms with Crippen molar-refractivity contribution in [2.75, 3.05) is 7.11 Å². The van der Waals surface area contributed by atoms with E-state index in [9.17, 15) is 9.59 Å². The number of fused-ring (bicyclic) bond motifs is 1. The minimum atomic E-state index is -0.657. The molecule has 0 radical (unpaired) electrons. The van der Waals surface area contributed by atoms with E-state index in [1.807, 2.05) is 18.2 Å². The monoisotopic (exact) mass is 547 g/mol. The van der Waals surface area contributed by atoms with Gasteiger partial charge in [0, 0.05) is 32.1 Å². The number of hydrazone groups is 1. The van der Waals surface area contributed by atoms with Gasteiger partial charge >= 0.3 is 5.97 Å². The van der Waals surface area contributed by atoms with E-state index in [0.717, 1.165) is 10.9 Å². The fourth-order valence-electron chi connectivity index (χ4n) is 3.89. The summed E-state index contributed by atoms with van der Waals surface area (Å²) in [7, 11) is 1.45. The van der Waals surface area contributed by atoms with Crippen molar-refractivity contribution in [2.45, 2.75) is 0 Å². The Bertz CT molecular complexity index is 1680. The van der Waals surface area contributed by atoms with Crippen LogP contribution in [0.2, 0.25) is 10.0 Å². The molecule has 8 nitrogen and oxygen atoms in total. The number of esters is 1. The molecule has 2 N–H and O–H groups in total. The van der Waals surface area contributed by atoms with Gasteiger partial charge in [-0.15, -0.1) is 0 Å². The maximum atomic E-state index is 13.2. The lowest BCUT2D eigenvalue weighted by molar-refractivity contribution is 0.0696. The molecule has 38 heavy (non-hydrogen) atoms. The summed E-state index contributed by atoms with van der Waals surface area (Å²) in [6, 6.07) is 20.5. The molecule has 2 heterocycles. The maximum Gasteiger partial charge on any atom is 0.379 e. The second kappa shape index (κ2) is 10.8. The minimum absolute atomic E-state index is 0.0656. The number of rotatable bonds is 7. The molecule has 1 amide bonds. The van der Waals surface area contributed by atoms with E-state index in [-0.39, 0.29) is 17.2 Å². The lowest BCUT2D eigenvalue weighted by Gasteiger charge is -2.09. The molecule has 0 atom stereocenters. The molecule has 5 rings (SSSR count). The Balaban J connectivity index is 1.38. The molecular formula is C28H19Cl2N3O5. The van der Waals surface area contributed by atoms with Crippen LogP contribution in [0, 0.1) is 0 Å². The Morgan fingerprint density at radius 3 is 2.61 bits per heavy atom. The van der Waals surface area contributed by atoms with Crippen LogP contribution in [0.5, 0.6) is 11.5 Å². The molecule has 0 aliphatic rings. The summed E-state index contributed by atoms with van der Waals surface area (Å²) in [4.78, 5) is 28.5. The summed E-state index contributed by atoms with van der Waals surface area (Å²) in [5.74, 6) is -0.559. The number of nitrogens with zero attached hydrogens (tertiary/aromatic N) is 1. The summed E-state index contributed by atoms with van der Waals surface area (Å²) in [5, 5.41) is 5.86. The van der Waals surface area contributed by atoms with Gasteiger partial charge in [0.05, 0.1) is 19.6 Å². The van der Waals surface area contributed by atoms with Crippen LogP contribution in [-0.4, -0.2) is 30.2 Å². The van der Waals surface area contributed by atoms with Crippen molar-refractivity contribution in [3.8, 4) is 22.6 Å². The Kier molecular flexibility index (Phi) is 7.17. The largest absolute Gasteiger partial charge is 0.493 e. The van der Waals surface area contributed by atoms with Gasteiger partial charge < -0.3 is 18.9 Å². The predicted molar refractivity (Wildman–Crippen MR) is 145 cm³/mol. The summed E-state index contributed by atoms with van der Waals surface area (Å²) >= 11 is 12.7. The fourth-order valence-corrected chi connectivity index (χ4v) is 4.30. The van der Waals surface area contributed by atoms with Gasteiger partial charge in [-0.2, -0.15) is 5.10 Å². The van der Waals surface area contributed by atoms with Crippen LogP contribution in [0.25, 0.3) is 22.0 Å². The van der Waals surface area contributed by atoms with Crippen LogP contribution >= 0.6 is 23.2 Å². The van der Waals surface area contributed by atoms with E-state index in [1.54, 1.807) is 48.5 Å². The topological polar surface area (TPSA) is 106 Å². The zero-order chi connectivity index (χ0) is 26.6. The van der Waals surface area contributed by atoms with E-state index in [1.165, 1.54) is 25.7 Å². The molecule has 0 saturated carbocycles. The number of furan rings is 1. The third-order valence-corrected chi connectivity index (χ3v) is 6.19. The zero-order valence-electron chi connectivity index (χ0n) is 19.8. The quantitative estimate of drug-likeness (QED) is 0.102. The molecule has 0 aliphatic heterocycles. The molecule has 0 fully saturated rings. The molecule has 3 aromatic carbocycles. The van der Waals surface area contributed by atoms with Gasteiger partial charge in [-0.1, -0.05) is 41.4 Å². The third-order valence-electron chi connectivity index (χ3n) is 5.62. The number of aromatic amines is 1. The van der Waals surface area contributed by atoms with Crippen LogP contribution in [-0.2, 0) is 0 Å². The van der Waals surface area contributed by atoms with Crippen LogP contribution in [0.4, 0.5) is 0 Å². The van der Waals surface area contributed by atoms with Crippen molar-refractivity contribution in [3.05, 3.63) is 106 Å². The fraction of sp³-hybridized carbons (Fsp3) is 0.0357. The molecule has 0 bridgehead atoms. The number of hydrogen-bond acceptors (Lipinski definition) is 6. The van der Waals surface area contributed by atoms with Crippen molar-refractivity contribution in [3.63, 3.8) is 0 Å². The van der Waals surface area contributed by atoms with Gasteiger partial charge in [-0.3, -0.25) is 4.79 Å². The second-order valence-corrected chi connectivity index (χ2v) is 8.86. The Morgan fingerprint density at radius 1 is 1.00 bits per heavy atom. The molecule has 0 unspecified atom stereocenters. The number of methoxy groups -OCH3 is 1. The van der Waals surface area contributed by atoms with Crippen LogP contribution in [0.15, 0.2) is 88.6 Å². The molecule has 10 heteroatoms. The lowest BCUT2D eigenvalue weighted by atomic mass is 10.0. The van der Waals surface area contributed by atoms with Gasteiger partial charge in [0.15, 0.2) is 11.5 Å². The number of carbonyl (C=O) groups excluding carboxylic acids is 2. The lowest BCUT2D eigenvalue weighted by Crippen LogP contribution is -2.19. The van der Waals surface area contributed by atoms with Crippen molar-refractivity contribution < 1.29 is 23.5 Å². The number of benzene rings is 3. The van der Waals surface area contributed by atoms with E-state index in [2.05, 4.69) is 15.5 Å². The molecule has 0 aliphatic carbocycles.